The van der Waals surface area contributed by atoms with E-state index >= 15 is 0 Å². The molecular weight excluding hydrogens is 216 g/mol. The highest BCUT2D eigenvalue weighted by molar-refractivity contribution is 5.37. The molecule has 0 saturated heterocycles. The fraction of sp³-hybridized carbons (Fsp3) is 0.333. The molecule has 0 aliphatic heterocycles. The zero-order valence-corrected chi connectivity index (χ0v) is 10.00. The van der Waals surface area contributed by atoms with E-state index in [-0.39, 0.29) is 6.04 Å². The van der Waals surface area contributed by atoms with Crippen LogP contribution < -0.4 is 10.5 Å². The molecule has 0 aromatic carbocycles. The van der Waals surface area contributed by atoms with E-state index in [0.29, 0.717) is 5.75 Å². The van der Waals surface area contributed by atoms with Crippen LogP contribution in [0, 0.1) is 0 Å². The third-order valence-electron chi connectivity index (χ3n) is 2.71. The van der Waals surface area contributed by atoms with Crippen molar-refractivity contribution in [1.82, 2.24) is 14.8 Å². The summed E-state index contributed by atoms with van der Waals surface area (Å²) in [5, 5.41) is 4.22. The maximum Gasteiger partial charge on any atom is 0.142 e. The summed E-state index contributed by atoms with van der Waals surface area (Å²) in [4.78, 5) is 4.01. The number of methoxy groups -OCH3 is 1. The van der Waals surface area contributed by atoms with Crippen molar-refractivity contribution in [2.75, 3.05) is 7.11 Å². The first-order chi connectivity index (χ1) is 8.26. The van der Waals surface area contributed by atoms with Crippen LogP contribution in [0.5, 0.6) is 5.75 Å². The molecule has 5 heteroatoms. The molecular formula is C12H16N4O. The maximum absolute atomic E-state index is 6.20. The fourth-order valence-electron chi connectivity index (χ4n) is 1.71. The van der Waals surface area contributed by atoms with Gasteiger partial charge in [0.15, 0.2) is 0 Å². The van der Waals surface area contributed by atoms with Crippen molar-refractivity contribution in [3.63, 3.8) is 0 Å². The zero-order valence-electron chi connectivity index (χ0n) is 10.00. The zero-order chi connectivity index (χ0) is 12.3. The third kappa shape index (κ3) is 2.29. The highest BCUT2D eigenvalue weighted by Gasteiger charge is 2.15. The molecule has 0 amide bonds. The monoisotopic (exact) mass is 232 g/mol. The second kappa shape index (κ2) is 4.97. The molecule has 0 aliphatic rings. The molecule has 1 unspecified atom stereocenters. The minimum Gasteiger partial charge on any atom is -0.495 e. The average Bonchev–Trinajstić information content (AvgIpc) is 2.86. The Morgan fingerprint density at radius 2 is 2.29 bits per heavy atom. The third-order valence-corrected chi connectivity index (χ3v) is 2.71. The summed E-state index contributed by atoms with van der Waals surface area (Å²) in [7, 11) is 1.61. The Morgan fingerprint density at radius 1 is 1.47 bits per heavy atom. The number of nitrogens with two attached hydrogens (primary N) is 1. The predicted octanol–water partition coefficient (Wildman–Crippen LogP) is 1.35. The van der Waals surface area contributed by atoms with E-state index in [1.807, 2.05) is 23.9 Å². The highest BCUT2D eigenvalue weighted by Crippen LogP contribution is 2.26. The van der Waals surface area contributed by atoms with E-state index in [9.17, 15) is 0 Å². The lowest BCUT2D eigenvalue weighted by Crippen LogP contribution is -2.12. The van der Waals surface area contributed by atoms with Gasteiger partial charge >= 0.3 is 0 Å². The van der Waals surface area contributed by atoms with Crippen LogP contribution >= 0.6 is 0 Å². The molecule has 0 saturated carbocycles. The summed E-state index contributed by atoms with van der Waals surface area (Å²) in [6, 6.07) is 1.63. The van der Waals surface area contributed by atoms with Gasteiger partial charge in [0.25, 0.3) is 0 Å². The van der Waals surface area contributed by atoms with Gasteiger partial charge < -0.3 is 10.5 Å². The Labute approximate surface area is 100 Å². The van der Waals surface area contributed by atoms with E-state index in [2.05, 4.69) is 10.1 Å². The molecule has 0 bridgehead atoms. The second-order valence-corrected chi connectivity index (χ2v) is 3.72. The lowest BCUT2D eigenvalue weighted by molar-refractivity contribution is 0.406. The van der Waals surface area contributed by atoms with Crippen LogP contribution in [-0.4, -0.2) is 21.9 Å². The number of ether oxygens (including phenoxy) is 1. The number of pyridine rings is 1. The molecule has 0 aliphatic carbocycles. The van der Waals surface area contributed by atoms with Gasteiger partial charge in [0, 0.05) is 30.1 Å². The molecule has 90 valence electrons. The Hall–Kier alpha value is -1.88. The number of nitrogens with zero attached hydrogens (tertiary/aromatic N) is 3. The van der Waals surface area contributed by atoms with Crippen LogP contribution in [0.15, 0.2) is 30.9 Å². The number of aromatic nitrogens is 3. The Balaban J connectivity index is 2.32. The molecule has 17 heavy (non-hydrogen) atoms. The normalized spacial score (nSPS) is 12.4. The molecule has 0 fully saturated rings. The lowest BCUT2D eigenvalue weighted by atomic mass is 10.0. The van der Waals surface area contributed by atoms with Crippen molar-refractivity contribution in [2.24, 2.45) is 5.73 Å². The summed E-state index contributed by atoms with van der Waals surface area (Å²) < 4.78 is 7.10. The first kappa shape index (κ1) is 11.6. The summed E-state index contributed by atoms with van der Waals surface area (Å²) >= 11 is 0. The van der Waals surface area contributed by atoms with Gasteiger partial charge in [-0.25, -0.2) is 0 Å². The van der Waals surface area contributed by atoms with Crippen molar-refractivity contribution >= 4 is 0 Å². The number of aryl methyl sites for hydroxylation is 1. The quantitative estimate of drug-likeness (QED) is 0.864. The van der Waals surface area contributed by atoms with Gasteiger partial charge in [0.1, 0.15) is 5.75 Å². The lowest BCUT2D eigenvalue weighted by Gasteiger charge is -2.13. The average molecular weight is 232 g/mol. The fourth-order valence-corrected chi connectivity index (χ4v) is 1.71. The molecule has 2 heterocycles. The van der Waals surface area contributed by atoms with Gasteiger partial charge in [-0.3, -0.25) is 9.67 Å². The Morgan fingerprint density at radius 3 is 2.94 bits per heavy atom. The van der Waals surface area contributed by atoms with Crippen molar-refractivity contribution in [1.29, 1.82) is 0 Å². The van der Waals surface area contributed by atoms with Crippen LogP contribution in [0.1, 0.15) is 24.1 Å². The standard InChI is InChI=1S/C12H16N4O/c1-3-16-8-9(6-15-16)12(13)10-4-5-14-7-11(10)17-2/h4-8,12H,3,13H2,1-2H3. The topological polar surface area (TPSA) is 66.0 Å². The van der Waals surface area contributed by atoms with E-state index in [0.717, 1.165) is 17.7 Å². The smallest absolute Gasteiger partial charge is 0.142 e. The second-order valence-electron chi connectivity index (χ2n) is 3.72. The van der Waals surface area contributed by atoms with Crippen molar-refractivity contribution in [3.05, 3.63) is 42.0 Å². The molecule has 1 atom stereocenters. The minimum atomic E-state index is -0.242. The molecule has 0 spiro atoms. The van der Waals surface area contributed by atoms with Crippen LogP contribution in [-0.2, 0) is 6.54 Å². The number of hydrogen-bond donors (Lipinski definition) is 1. The molecule has 2 rings (SSSR count). The van der Waals surface area contributed by atoms with E-state index in [1.165, 1.54) is 0 Å². The van der Waals surface area contributed by atoms with Crippen LogP contribution in [0.25, 0.3) is 0 Å². The summed E-state index contributed by atoms with van der Waals surface area (Å²) in [6.45, 7) is 2.87. The molecule has 2 aromatic rings. The van der Waals surface area contributed by atoms with Gasteiger partial charge in [0.05, 0.1) is 25.5 Å². The van der Waals surface area contributed by atoms with Crippen molar-refractivity contribution in [2.45, 2.75) is 19.5 Å². The Kier molecular flexibility index (Phi) is 3.39. The molecule has 5 nitrogen and oxygen atoms in total. The Bertz CT molecular complexity index is 495. The summed E-state index contributed by atoms with van der Waals surface area (Å²) in [5.74, 6) is 0.698. The highest BCUT2D eigenvalue weighted by atomic mass is 16.5. The molecule has 0 radical (unpaired) electrons. The molecule has 2 N–H and O–H groups in total. The SMILES string of the molecule is CCn1cc(C(N)c2ccncc2OC)cn1. The van der Waals surface area contributed by atoms with E-state index in [1.54, 1.807) is 25.7 Å². The first-order valence-electron chi connectivity index (χ1n) is 5.52. The maximum atomic E-state index is 6.20. The summed E-state index contributed by atoms with van der Waals surface area (Å²) in [6.07, 6.45) is 7.11. The van der Waals surface area contributed by atoms with Crippen LogP contribution in [0.2, 0.25) is 0 Å². The van der Waals surface area contributed by atoms with E-state index in [4.69, 9.17) is 10.5 Å². The minimum absolute atomic E-state index is 0.242. The van der Waals surface area contributed by atoms with Gasteiger partial charge in [0.2, 0.25) is 0 Å². The van der Waals surface area contributed by atoms with E-state index < -0.39 is 0 Å². The number of rotatable bonds is 4. The van der Waals surface area contributed by atoms with Crippen molar-refractivity contribution < 1.29 is 4.74 Å². The van der Waals surface area contributed by atoms with Crippen molar-refractivity contribution in [3.8, 4) is 5.75 Å². The number of hydrogen-bond acceptors (Lipinski definition) is 4. The van der Waals surface area contributed by atoms with Gasteiger partial charge in [-0.15, -0.1) is 0 Å². The molecule has 2 aromatic heterocycles. The van der Waals surface area contributed by atoms with Gasteiger partial charge in [-0.1, -0.05) is 0 Å². The largest absolute Gasteiger partial charge is 0.495 e. The van der Waals surface area contributed by atoms with Crippen LogP contribution in [0.4, 0.5) is 0 Å². The first-order valence-corrected chi connectivity index (χ1v) is 5.52. The van der Waals surface area contributed by atoms with Gasteiger partial charge in [-0.05, 0) is 13.0 Å². The van der Waals surface area contributed by atoms with Crippen LogP contribution in [0.3, 0.4) is 0 Å². The van der Waals surface area contributed by atoms with Gasteiger partial charge in [-0.2, -0.15) is 5.10 Å². The predicted molar refractivity (Wildman–Crippen MR) is 64.7 cm³/mol. The summed E-state index contributed by atoms with van der Waals surface area (Å²) in [5.41, 5.74) is 8.08.